The zero-order valence-corrected chi connectivity index (χ0v) is 9.78. The van der Waals surface area contributed by atoms with Gasteiger partial charge in [-0.2, -0.15) is 0 Å². The summed E-state index contributed by atoms with van der Waals surface area (Å²) in [6.07, 6.45) is 1.69. The summed E-state index contributed by atoms with van der Waals surface area (Å²) in [5.41, 5.74) is 7.11. The van der Waals surface area contributed by atoms with E-state index in [1.54, 1.807) is 6.20 Å². The Morgan fingerprint density at radius 3 is 2.94 bits per heavy atom. The van der Waals surface area contributed by atoms with E-state index in [0.29, 0.717) is 6.61 Å². The molecule has 0 amide bonds. The normalized spacial score (nSPS) is 12.4. The third-order valence-corrected chi connectivity index (χ3v) is 2.98. The fraction of sp³-hybridized carbons (Fsp3) is 0.273. The molecule has 4 nitrogen and oxygen atoms in total. The maximum absolute atomic E-state index is 6.14. The van der Waals surface area contributed by atoms with Gasteiger partial charge in [0, 0.05) is 5.56 Å². The summed E-state index contributed by atoms with van der Waals surface area (Å²) in [6, 6.07) is 7.56. The van der Waals surface area contributed by atoms with E-state index < -0.39 is 0 Å². The summed E-state index contributed by atoms with van der Waals surface area (Å²) in [5, 5.41) is 3.79. The van der Waals surface area contributed by atoms with Crippen LogP contribution in [0.3, 0.4) is 0 Å². The van der Waals surface area contributed by atoms with E-state index in [1.165, 1.54) is 11.5 Å². The van der Waals surface area contributed by atoms with Gasteiger partial charge in [-0.1, -0.05) is 22.7 Å². The van der Waals surface area contributed by atoms with E-state index in [1.807, 2.05) is 31.2 Å². The first-order chi connectivity index (χ1) is 7.83. The lowest BCUT2D eigenvalue weighted by Gasteiger charge is -2.14. The largest absolute Gasteiger partial charge is 0.494 e. The Hall–Kier alpha value is -1.46. The predicted octanol–water partition coefficient (Wildman–Crippen LogP) is 1.98. The van der Waals surface area contributed by atoms with Gasteiger partial charge in [-0.15, -0.1) is 5.10 Å². The molecular weight excluding hydrogens is 222 g/mol. The number of benzene rings is 1. The molecule has 1 atom stereocenters. The van der Waals surface area contributed by atoms with Crippen LogP contribution >= 0.6 is 11.5 Å². The van der Waals surface area contributed by atoms with Gasteiger partial charge in [-0.25, -0.2) is 0 Å². The van der Waals surface area contributed by atoms with Crippen molar-refractivity contribution in [3.8, 4) is 5.75 Å². The van der Waals surface area contributed by atoms with Gasteiger partial charge in [0.15, 0.2) is 0 Å². The summed E-state index contributed by atoms with van der Waals surface area (Å²) in [6.45, 7) is 2.58. The van der Waals surface area contributed by atoms with Crippen LogP contribution in [-0.4, -0.2) is 16.2 Å². The third kappa shape index (κ3) is 2.20. The van der Waals surface area contributed by atoms with Crippen molar-refractivity contribution in [2.75, 3.05) is 6.61 Å². The van der Waals surface area contributed by atoms with Gasteiger partial charge in [0.2, 0.25) is 0 Å². The first kappa shape index (κ1) is 11.0. The average Bonchev–Trinajstić information content (AvgIpc) is 2.83. The molecule has 0 aliphatic carbocycles. The highest BCUT2D eigenvalue weighted by atomic mass is 32.1. The van der Waals surface area contributed by atoms with Gasteiger partial charge in [0.05, 0.1) is 23.7 Å². The molecule has 0 fully saturated rings. The zero-order chi connectivity index (χ0) is 11.4. The van der Waals surface area contributed by atoms with Crippen molar-refractivity contribution in [2.24, 2.45) is 5.73 Å². The van der Waals surface area contributed by atoms with Crippen LogP contribution in [0.4, 0.5) is 0 Å². The molecule has 0 aliphatic rings. The first-order valence-electron chi connectivity index (χ1n) is 5.07. The molecule has 16 heavy (non-hydrogen) atoms. The molecule has 1 unspecified atom stereocenters. The van der Waals surface area contributed by atoms with Crippen molar-refractivity contribution in [3.05, 3.63) is 40.9 Å². The van der Waals surface area contributed by atoms with Crippen molar-refractivity contribution >= 4 is 11.5 Å². The Kier molecular flexibility index (Phi) is 3.48. The molecule has 1 aromatic carbocycles. The maximum Gasteiger partial charge on any atom is 0.124 e. The number of hydrogen-bond donors (Lipinski definition) is 1. The highest BCUT2D eigenvalue weighted by Crippen LogP contribution is 2.29. The fourth-order valence-corrected chi connectivity index (χ4v) is 2.01. The maximum atomic E-state index is 6.14. The van der Waals surface area contributed by atoms with Crippen LogP contribution in [0.2, 0.25) is 0 Å². The lowest BCUT2D eigenvalue weighted by atomic mass is 10.1. The van der Waals surface area contributed by atoms with Crippen molar-refractivity contribution in [2.45, 2.75) is 13.0 Å². The number of hydrogen-bond acceptors (Lipinski definition) is 5. The zero-order valence-electron chi connectivity index (χ0n) is 8.96. The van der Waals surface area contributed by atoms with Crippen LogP contribution < -0.4 is 10.5 Å². The average molecular weight is 235 g/mol. The van der Waals surface area contributed by atoms with Crippen molar-refractivity contribution in [1.29, 1.82) is 0 Å². The summed E-state index contributed by atoms with van der Waals surface area (Å²) in [7, 11) is 0. The molecule has 0 saturated heterocycles. The molecule has 0 spiro atoms. The summed E-state index contributed by atoms with van der Waals surface area (Å²) >= 11 is 1.31. The topological polar surface area (TPSA) is 61.0 Å². The molecular formula is C11H13N3OS. The van der Waals surface area contributed by atoms with Crippen LogP contribution in [0, 0.1) is 0 Å². The number of rotatable bonds is 4. The number of nitrogens with two attached hydrogens (primary N) is 1. The Morgan fingerprint density at radius 1 is 1.44 bits per heavy atom. The van der Waals surface area contributed by atoms with Gasteiger partial charge in [-0.05, 0) is 24.5 Å². The molecule has 1 heterocycles. The Labute approximate surface area is 98.2 Å². The number of para-hydroxylation sites is 1. The lowest BCUT2D eigenvalue weighted by molar-refractivity contribution is 0.335. The lowest BCUT2D eigenvalue weighted by Crippen LogP contribution is -2.12. The van der Waals surface area contributed by atoms with E-state index >= 15 is 0 Å². The van der Waals surface area contributed by atoms with Crippen molar-refractivity contribution in [1.82, 2.24) is 9.59 Å². The second-order valence-electron chi connectivity index (χ2n) is 3.27. The molecule has 2 rings (SSSR count). The third-order valence-electron chi connectivity index (χ3n) is 2.24. The number of aromatic nitrogens is 2. The van der Waals surface area contributed by atoms with Gasteiger partial charge in [0.1, 0.15) is 5.75 Å². The summed E-state index contributed by atoms with van der Waals surface area (Å²) < 4.78 is 9.36. The van der Waals surface area contributed by atoms with Crippen molar-refractivity contribution in [3.63, 3.8) is 0 Å². The number of ether oxygens (including phenoxy) is 1. The second kappa shape index (κ2) is 5.05. The molecule has 84 valence electrons. The SMILES string of the molecule is CCOc1ccccc1C(N)c1cnns1. The molecule has 1 aromatic heterocycles. The van der Waals surface area contributed by atoms with Crippen LogP contribution in [0.15, 0.2) is 30.5 Å². The van der Waals surface area contributed by atoms with Gasteiger partial charge < -0.3 is 10.5 Å². The van der Waals surface area contributed by atoms with E-state index in [0.717, 1.165) is 16.2 Å². The molecule has 0 aliphatic heterocycles. The van der Waals surface area contributed by atoms with Crippen LogP contribution in [-0.2, 0) is 0 Å². The molecule has 0 saturated carbocycles. The first-order valence-corrected chi connectivity index (χ1v) is 5.84. The molecule has 0 radical (unpaired) electrons. The summed E-state index contributed by atoms with van der Waals surface area (Å²) in [4.78, 5) is 0.937. The van der Waals surface area contributed by atoms with Crippen molar-refractivity contribution < 1.29 is 4.74 Å². The van der Waals surface area contributed by atoms with E-state index in [4.69, 9.17) is 10.5 Å². The van der Waals surface area contributed by atoms with Crippen LogP contribution in [0.1, 0.15) is 23.4 Å². The fourth-order valence-electron chi connectivity index (χ4n) is 1.49. The second-order valence-corrected chi connectivity index (χ2v) is 4.09. The quantitative estimate of drug-likeness (QED) is 0.880. The van der Waals surface area contributed by atoms with Crippen LogP contribution in [0.5, 0.6) is 5.75 Å². The number of nitrogens with zero attached hydrogens (tertiary/aromatic N) is 2. The highest BCUT2D eigenvalue weighted by Gasteiger charge is 2.15. The highest BCUT2D eigenvalue weighted by molar-refractivity contribution is 7.05. The Balaban J connectivity index is 2.32. The molecule has 2 aromatic rings. The summed E-state index contributed by atoms with van der Waals surface area (Å²) in [5.74, 6) is 0.825. The van der Waals surface area contributed by atoms with Gasteiger partial charge >= 0.3 is 0 Å². The predicted molar refractivity (Wildman–Crippen MR) is 63.6 cm³/mol. The smallest absolute Gasteiger partial charge is 0.124 e. The Bertz CT molecular complexity index is 444. The van der Waals surface area contributed by atoms with Crippen LogP contribution in [0.25, 0.3) is 0 Å². The van der Waals surface area contributed by atoms with Gasteiger partial charge in [0.25, 0.3) is 0 Å². The minimum atomic E-state index is -0.220. The van der Waals surface area contributed by atoms with E-state index in [-0.39, 0.29) is 6.04 Å². The molecule has 5 heteroatoms. The van der Waals surface area contributed by atoms with E-state index in [2.05, 4.69) is 9.59 Å². The monoisotopic (exact) mass is 235 g/mol. The minimum absolute atomic E-state index is 0.220. The minimum Gasteiger partial charge on any atom is -0.494 e. The Morgan fingerprint density at radius 2 is 2.25 bits per heavy atom. The van der Waals surface area contributed by atoms with E-state index in [9.17, 15) is 0 Å². The van der Waals surface area contributed by atoms with Gasteiger partial charge in [-0.3, -0.25) is 0 Å². The standard InChI is InChI=1S/C11H13N3OS/c1-2-15-9-6-4-3-5-8(9)11(12)10-7-13-14-16-10/h3-7,11H,2,12H2,1H3. The molecule has 0 bridgehead atoms. The molecule has 2 N–H and O–H groups in total.